The van der Waals surface area contributed by atoms with E-state index in [1.165, 1.54) is 17.7 Å². The Morgan fingerprint density at radius 1 is 1.50 bits per heavy atom. The minimum atomic E-state index is 0.147. The Morgan fingerprint density at radius 3 is 3.15 bits per heavy atom. The lowest BCUT2D eigenvalue weighted by molar-refractivity contribution is -0.0711. The number of rotatable bonds is 3. The Morgan fingerprint density at radius 2 is 2.40 bits per heavy atom. The monoisotopic (exact) mass is 311 g/mol. The van der Waals surface area contributed by atoms with Gasteiger partial charge in [0.25, 0.3) is 0 Å². The van der Waals surface area contributed by atoms with Gasteiger partial charge in [-0.15, -0.1) is 0 Å². The van der Waals surface area contributed by atoms with Gasteiger partial charge >= 0.3 is 0 Å². The third-order valence-corrected chi connectivity index (χ3v) is 5.85. The fraction of sp³-hybridized carbons (Fsp3) is 0.625. The molecule has 2 saturated heterocycles. The molecule has 2 fully saturated rings. The SMILES string of the molecule is C[C@H](NC1CCOC2(CCSC2)C1)c1cccc(Cl)c1. The van der Waals surface area contributed by atoms with E-state index in [9.17, 15) is 0 Å². The molecule has 2 heterocycles. The third kappa shape index (κ3) is 3.33. The van der Waals surface area contributed by atoms with E-state index in [4.69, 9.17) is 16.3 Å². The van der Waals surface area contributed by atoms with Crippen LogP contribution in [0, 0.1) is 0 Å². The molecule has 20 heavy (non-hydrogen) atoms. The van der Waals surface area contributed by atoms with Crippen LogP contribution in [0.2, 0.25) is 5.02 Å². The molecule has 1 N–H and O–H groups in total. The summed E-state index contributed by atoms with van der Waals surface area (Å²) in [5, 5.41) is 4.58. The molecule has 3 atom stereocenters. The maximum atomic E-state index is 6.08. The van der Waals surface area contributed by atoms with Crippen LogP contribution >= 0.6 is 23.4 Å². The van der Waals surface area contributed by atoms with Crippen LogP contribution in [0.4, 0.5) is 0 Å². The van der Waals surface area contributed by atoms with Crippen molar-refractivity contribution in [2.45, 2.75) is 43.9 Å². The molecule has 2 aliphatic heterocycles. The second-order valence-electron chi connectivity index (χ2n) is 5.97. The maximum absolute atomic E-state index is 6.08. The summed E-state index contributed by atoms with van der Waals surface area (Å²) in [6.45, 7) is 3.11. The summed E-state index contributed by atoms with van der Waals surface area (Å²) in [6, 6.07) is 9.04. The molecule has 2 unspecified atom stereocenters. The molecule has 110 valence electrons. The molecule has 0 bridgehead atoms. The number of nitrogens with one attached hydrogen (secondary N) is 1. The van der Waals surface area contributed by atoms with Gasteiger partial charge in [0.15, 0.2) is 0 Å². The number of thioether (sulfide) groups is 1. The number of hydrogen-bond acceptors (Lipinski definition) is 3. The molecule has 1 aromatic carbocycles. The normalized spacial score (nSPS) is 31.6. The largest absolute Gasteiger partial charge is 0.374 e. The van der Waals surface area contributed by atoms with Crippen molar-refractivity contribution in [3.63, 3.8) is 0 Å². The van der Waals surface area contributed by atoms with Gasteiger partial charge in [0, 0.05) is 29.5 Å². The van der Waals surface area contributed by atoms with Crippen LogP contribution in [0.1, 0.15) is 37.8 Å². The number of benzene rings is 1. The van der Waals surface area contributed by atoms with E-state index >= 15 is 0 Å². The quantitative estimate of drug-likeness (QED) is 0.910. The van der Waals surface area contributed by atoms with Crippen LogP contribution in [0.15, 0.2) is 24.3 Å². The molecule has 0 radical (unpaired) electrons. The molecular weight excluding hydrogens is 290 g/mol. The van der Waals surface area contributed by atoms with Crippen LogP contribution in [0.3, 0.4) is 0 Å². The Labute approximate surface area is 130 Å². The highest BCUT2D eigenvalue weighted by Gasteiger charge is 2.40. The standard InChI is InChI=1S/C16H22ClNOS/c1-12(13-3-2-4-14(17)9-13)18-15-5-7-19-16(10-15)6-8-20-11-16/h2-4,9,12,15,18H,5-8,10-11H2,1H3/t12-,15?,16?/m0/s1. The smallest absolute Gasteiger partial charge is 0.0795 e. The third-order valence-electron chi connectivity index (χ3n) is 4.39. The van der Waals surface area contributed by atoms with Gasteiger partial charge in [-0.05, 0) is 49.6 Å². The predicted octanol–water partition coefficient (Wildman–Crippen LogP) is 4.05. The van der Waals surface area contributed by atoms with E-state index in [0.29, 0.717) is 12.1 Å². The van der Waals surface area contributed by atoms with Gasteiger partial charge in [0.2, 0.25) is 0 Å². The zero-order chi connectivity index (χ0) is 14.0. The predicted molar refractivity (Wildman–Crippen MR) is 86.6 cm³/mol. The van der Waals surface area contributed by atoms with Gasteiger partial charge in [0.05, 0.1) is 5.60 Å². The van der Waals surface area contributed by atoms with Gasteiger partial charge in [-0.2, -0.15) is 11.8 Å². The van der Waals surface area contributed by atoms with E-state index in [2.05, 4.69) is 24.4 Å². The summed E-state index contributed by atoms with van der Waals surface area (Å²) in [5.74, 6) is 2.41. The fourth-order valence-electron chi connectivity index (χ4n) is 3.26. The second-order valence-corrected chi connectivity index (χ2v) is 7.51. The van der Waals surface area contributed by atoms with Crippen molar-refractivity contribution in [2.75, 3.05) is 18.1 Å². The highest BCUT2D eigenvalue weighted by molar-refractivity contribution is 7.99. The first-order valence-corrected chi connectivity index (χ1v) is 8.93. The summed E-state index contributed by atoms with van der Waals surface area (Å²) in [5.41, 5.74) is 1.41. The van der Waals surface area contributed by atoms with Crippen molar-refractivity contribution in [3.05, 3.63) is 34.9 Å². The molecule has 0 saturated carbocycles. The van der Waals surface area contributed by atoms with Crippen LogP contribution < -0.4 is 5.32 Å². The van der Waals surface area contributed by atoms with E-state index < -0.39 is 0 Å². The van der Waals surface area contributed by atoms with E-state index in [1.54, 1.807) is 0 Å². The first kappa shape index (κ1) is 14.7. The van der Waals surface area contributed by atoms with Crippen molar-refractivity contribution in [1.82, 2.24) is 5.32 Å². The van der Waals surface area contributed by atoms with E-state index in [-0.39, 0.29) is 5.60 Å². The van der Waals surface area contributed by atoms with Crippen LogP contribution in [0.5, 0.6) is 0 Å². The Hall–Kier alpha value is -0.220. The summed E-state index contributed by atoms with van der Waals surface area (Å²) in [7, 11) is 0. The Balaban J connectivity index is 1.62. The first-order valence-electron chi connectivity index (χ1n) is 7.40. The molecule has 0 aromatic heterocycles. The topological polar surface area (TPSA) is 21.3 Å². The Bertz CT molecular complexity index is 462. The lowest BCUT2D eigenvalue weighted by Crippen LogP contribution is -2.47. The van der Waals surface area contributed by atoms with E-state index in [1.807, 2.05) is 23.9 Å². The number of ether oxygens (including phenoxy) is 1. The van der Waals surface area contributed by atoms with Crippen molar-refractivity contribution < 1.29 is 4.74 Å². The average Bonchev–Trinajstić information content (AvgIpc) is 2.87. The fourth-order valence-corrected chi connectivity index (χ4v) is 4.84. The van der Waals surface area contributed by atoms with Gasteiger partial charge in [-0.25, -0.2) is 0 Å². The van der Waals surface area contributed by atoms with Crippen LogP contribution in [-0.2, 0) is 4.74 Å². The van der Waals surface area contributed by atoms with Crippen molar-refractivity contribution in [2.24, 2.45) is 0 Å². The summed E-state index contributed by atoms with van der Waals surface area (Å²) < 4.78 is 6.08. The lowest BCUT2D eigenvalue weighted by atomic mass is 9.89. The highest BCUT2D eigenvalue weighted by Crippen LogP contribution is 2.38. The molecular formula is C16H22ClNOS. The summed E-state index contributed by atoms with van der Waals surface area (Å²) in [6.07, 6.45) is 3.46. The first-order chi connectivity index (χ1) is 9.67. The number of hydrogen-bond donors (Lipinski definition) is 1. The summed E-state index contributed by atoms with van der Waals surface area (Å²) >= 11 is 8.11. The van der Waals surface area contributed by atoms with Gasteiger partial charge < -0.3 is 10.1 Å². The molecule has 2 aliphatic rings. The number of halogens is 1. The van der Waals surface area contributed by atoms with Crippen molar-refractivity contribution in [1.29, 1.82) is 0 Å². The average molecular weight is 312 g/mol. The van der Waals surface area contributed by atoms with Gasteiger partial charge in [0.1, 0.15) is 0 Å². The van der Waals surface area contributed by atoms with Gasteiger partial charge in [-0.3, -0.25) is 0 Å². The molecule has 0 aliphatic carbocycles. The molecule has 0 amide bonds. The van der Waals surface area contributed by atoms with Crippen LogP contribution in [0.25, 0.3) is 0 Å². The maximum Gasteiger partial charge on any atom is 0.0795 e. The highest BCUT2D eigenvalue weighted by atomic mass is 35.5. The second kappa shape index (κ2) is 6.27. The molecule has 1 spiro atoms. The van der Waals surface area contributed by atoms with E-state index in [0.717, 1.165) is 30.2 Å². The van der Waals surface area contributed by atoms with Crippen LogP contribution in [-0.4, -0.2) is 29.8 Å². The van der Waals surface area contributed by atoms with Crippen molar-refractivity contribution in [3.8, 4) is 0 Å². The zero-order valence-corrected chi connectivity index (χ0v) is 13.5. The molecule has 3 rings (SSSR count). The Kier molecular flexibility index (Phi) is 4.61. The minimum absolute atomic E-state index is 0.147. The molecule has 4 heteroatoms. The zero-order valence-electron chi connectivity index (χ0n) is 11.9. The summed E-state index contributed by atoms with van der Waals surface area (Å²) in [4.78, 5) is 0. The molecule has 1 aromatic rings. The lowest BCUT2D eigenvalue weighted by Gasteiger charge is -2.39. The minimum Gasteiger partial charge on any atom is -0.374 e. The van der Waals surface area contributed by atoms with Gasteiger partial charge in [-0.1, -0.05) is 23.7 Å². The van der Waals surface area contributed by atoms with Crippen molar-refractivity contribution >= 4 is 23.4 Å². The molecule has 2 nitrogen and oxygen atoms in total.